The molecular weight excluding hydrogens is 370 g/mol. The lowest BCUT2D eigenvalue weighted by Crippen LogP contribution is -2.11. The third kappa shape index (κ3) is 5.02. The summed E-state index contributed by atoms with van der Waals surface area (Å²) in [5, 5.41) is 2.89. The van der Waals surface area contributed by atoms with Crippen LogP contribution in [0, 0.1) is 6.92 Å². The summed E-state index contributed by atoms with van der Waals surface area (Å²) in [5.74, 6) is 0.770. The first-order valence-electron chi connectivity index (χ1n) is 8.84. The zero-order valence-corrected chi connectivity index (χ0v) is 16.6. The molecule has 0 spiro atoms. The monoisotopic (exact) mass is 391 g/mol. The summed E-state index contributed by atoms with van der Waals surface area (Å²) in [6.45, 7) is 1.95. The van der Waals surface area contributed by atoms with Crippen molar-refractivity contribution in [2.45, 2.75) is 11.8 Å². The van der Waals surface area contributed by atoms with Crippen molar-refractivity contribution in [2.75, 3.05) is 18.2 Å². The summed E-state index contributed by atoms with van der Waals surface area (Å²) in [5.41, 5.74) is 2.96. The minimum Gasteiger partial charge on any atom is -0.496 e. The highest BCUT2D eigenvalue weighted by Crippen LogP contribution is 2.24. The molecule has 3 aromatic carbocycles. The molecule has 0 unspecified atom stereocenters. The number of amides is 1. The van der Waals surface area contributed by atoms with Gasteiger partial charge >= 0.3 is 0 Å². The Labute approximate surface area is 168 Å². The Morgan fingerprint density at radius 3 is 2.43 bits per heavy atom. The molecule has 4 nitrogen and oxygen atoms in total. The highest BCUT2D eigenvalue weighted by Gasteiger charge is 2.12. The molecule has 0 atom stereocenters. The number of benzene rings is 3. The molecule has 0 fully saturated rings. The Bertz CT molecular complexity index is 983. The van der Waals surface area contributed by atoms with E-state index in [1.54, 1.807) is 25.3 Å². The number of anilines is 1. The molecule has 0 aromatic heterocycles. The van der Waals surface area contributed by atoms with Crippen molar-refractivity contribution in [2.24, 2.45) is 0 Å². The van der Waals surface area contributed by atoms with E-state index in [1.807, 2.05) is 61.5 Å². The van der Waals surface area contributed by atoms with E-state index in [1.165, 1.54) is 11.8 Å². The number of carbonyl (C=O) groups excluding carboxylic acids is 2. The van der Waals surface area contributed by atoms with Crippen molar-refractivity contribution in [1.29, 1.82) is 0 Å². The average Bonchev–Trinajstić information content (AvgIpc) is 2.73. The topological polar surface area (TPSA) is 55.4 Å². The van der Waals surface area contributed by atoms with E-state index in [0.29, 0.717) is 28.3 Å². The quantitative estimate of drug-likeness (QED) is 0.442. The minimum atomic E-state index is -0.143. The molecule has 1 N–H and O–H groups in total. The van der Waals surface area contributed by atoms with Crippen molar-refractivity contribution in [3.05, 3.63) is 89.5 Å². The third-order valence-electron chi connectivity index (χ3n) is 4.17. The lowest BCUT2D eigenvalue weighted by molar-refractivity contribution is 0.101. The van der Waals surface area contributed by atoms with Gasteiger partial charge in [-0.2, -0.15) is 0 Å². The van der Waals surface area contributed by atoms with Gasteiger partial charge in [0, 0.05) is 16.1 Å². The smallest absolute Gasteiger partial charge is 0.255 e. The van der Waals surface area contributed by atoms with Gasteiger partial charge in [0.2, 0.25) is 0 Å². The number of carbonyl (C=O) groups is 2. The van der Waals surface area contributed by atoms with E-state index in [2.05, 4.69) is 5.32 Å². The predicted octanol–water partition coefficient (Wildman–Crippen LogP) is 5.23. The summed E-state index contributed by atoms with van der Waals surface area (Å²) >= 11 is 1.45. The van der Waals surface area contributed by atoms with Crippen LogP contribution in [0.25, 0.3) is 0 Å². The van der Waals surface area contributed by atoms with E-state index in [4.69, 9.17) is 4.74 Å². The molecule has 0 aliphatic heterocycles. The van der Waals surface area contributed by atoms with Crippen molar-refractivity contribution in [1.82, 2.24) is 0 Å². The number of aryl methyl sites for hydroxylation is 1. The lowest BCUT2D eigenvalue weighted by atomic mass is 10.1. The number of ether oxygens (including phenoxy) is 1. The number of ketones is 1. The Kier molecular flexibility index (Phi) is 6.50. The number of rotatable bonds is 7. The molecule has 3 rings (SSSR count). The number of para-hydroxylation sites is 1. The van der Waals surface area contributed by atoms with Crippen LogP contribution in [0.2, 0.25) is 0 Å². The van der Waals surface area contributed by atoms with Crippen LogP contribution in [-0.4, -0.2) is 24.6 Å². The van der Waals surface area contributed by atoms with Crippen LogP contribution in [0.3, 0.4) is 0 Å². The minimum absolute atomic E-state index is 0.0132. The van der Waals surface area contributed by atoms with Crippen molar-refractivity contribution >= 4 is 29.1 Å². The van der Waals surface area contributed by atoms with E-state index in [0.717, 1.165) is 10.5 Å². The van der Waals surface area contributed by atoms with Crippen LogP contribution in [0.1, 0.15) is 26.3 Å². The predicted molar refractivity (Wildman–Crippen MR) is 114 cm³/mol. The number of nitrogens with one attached hydrogen (secondary N) is 1. The SMILES string of the molecule is COc1ccccc1C(=O)CSc1ccc(NC(=O)c2cccc(C)c2)cc1. The van der Waals surface area contributed by atoms with Gasteiger partial charge in [-0.05, 0) is 55.5 Å². The van der Waals surface area contributed by atoms with Gasteiger partial charge in [0.1, 0.15) is 5.75 Å². The Hall–Kier alpha value is -3.05. The maximum atomic E-state index is 12.4. The second-order valence-electron chi connectivity index (χ2n) is 6.26. The van der Waals surface area contributed by atoms with Gasteiger partial charge < -0.3 is 10.1 Å². The van der Waals surface area contributed by atoms with E-state index in [-0.39, 0.29) is 11.7 Å². The van der Waals surface area contributed by atoms with Crippen molar-refractivity contribution in [3.63, 3.8) is 0 Å². The maximum absolute atomic E-state index is 12.4. The molecule has 3 aromatic rings. The first-order chi connectivity index (χ1) is 13.6. The second kappa shape index (κ2) is 9.24. The third-order valence-corrected chi connectivity index (χ3v) is 5.18. The van der Waals surface area contributed by atoms with Crippen LogP contribution in [0.4, 0.5) is 5.69 Å². The number of methoxy groups -OCH3 is 1. The van der Waals surface area contributed by atoms with E-state index >= 15 is 0 Å². The highest BCUT2D eigenvalue weighted by atomic mass is 32.2. The molecule has 0 heterocycles. The highest BCUT2D eigenvalue weighted by molar-refractivity contribution is 8.00. The maximum Gasteiger partial charge on any atom is 0.255 e. The molecule has 0 bridgehead atoms. The van der Waals surface area contributed by atoms with Gasteiger partial charge in [-0.1, -0.05) is 29.8 Å². The first kappa shape index (κ1) is 19.7. The molecule has 28 heavy (non-hydrogen) atoms. The fourth-order valence-electron chi connectivity index (χ4n) is 2.73. The summed E-state index contributed by atoms with van der Waals surface area (Å²) in [6, 6.07) is 22.1. The molecule has 0 saturated carbocycles. The number of hydrogen-bond acceptors (Lipinski definition) is 4. The van der Waals surface area contributed by atoms with Crippen molar-refractivity contribution < 1.29 is 14.3 Å². The zero-order chi connectivity index (χ0) is 19.9. The van der Waals surface area contributed by atoms with E-state index < -0.39 is 0 Å². The zero-order valence-electron chi connectivity index (χ0n) is 15.8. The average molecular weight is 391 g/mol. The largest absolute Gasteiger partial charge is 0.496 e. The first-order valence-corrected chi connectivity index (χ1v) is 9.82. The van der Waals surface area contributed by atoms with Gasteiger partial charge in [-0.3, -0.25) is 9.59 Å². The standard InChI is InChI=1S/C23H21NO3S/c1-16-6-5-7-17(14-16)23(26)24-18-10-12-19(13-11-18)28-15-21(25)20-8-3-4-9-22(20)27-2/h3-14H,15H2,1-2H3,(H,24,26). The van der Waals surface area contributed by atoms with E-state index in [9.17, 15) is 9.59 Å². The molecule has 0 saturated heterocycles. The number of Topliss-reactive ketones (excluding diaryl/α,β-unsaturated/α-hetero) is 1. The van der Waals surface area contributed by atoms with Crippen LogP contribution >= 0.6 is 11.8 Å². The molecule has 1 amide bonds. The summed E-state index contributed by atoms with van der Waals surface area (Å²) in [4.78, 5) is 25.7. The summed E-state index contributed by atoms with van der Waals surface area (Å²) < 4.78 is 5.24. The number of thioether (sulfide) groups is 1. The second-order valence-corrected chi connectivity index (χ2v) is 7.31. The molecule has 0 aliphatic carbocycles. The fourth-order valence-corrected chi connectivity index (χ4v) is 3.51. The molecule has 5 heteroatoms. The van der Waals surface area contributed by atoms with Crippen molar-refractivity contribution in [3.8, 4) is 5.75 Å². The summed E-state index contributed by atoms with van der Waals surface area (Å²) in [6.07, 6.45) is 0. The molecule has 0 radical (unpaired) electrons. The van der Waals surface area contributed by atoms with Crippen LogP contribution in [-0.2, 0) is 0 Å². The molecular formula is C23H21NO3S. The molecule has 142 valence electrons. The molecule has 0 aliphatic rings. The Morgan fingerprint density at radius 2 is 1.71 bits per heavy atom. The van der Waals surface area contributed by atoms with Gasteiger partial charge in [-0.25, -0.2) is 0 Å². The summed E-state index contributed by atoms with van der Waals surface area (Å²) in [7, 11) is 1.56. The van der Waals surface area contributed by atoms with Gasteiger partial charge in [-0.15, -0.1) is 11.8 Å². The van der Waals surface area contributed by atoms with Gasteiger partial charge in [0.05, 0.1) is 18.4 Å². The Morgan fingerprint density at radius 1 is 0.964 bits per heavy atom. The fraction of sp³-hybridized carbons (Fsp3) is 0.130. The van der Waals surface area contributed by atoms with Gasteiger partial charge in [0.25, 0.3) is 5.91 Å². The van der Waals surface area contributed by atoms with Gasteiger partial charge in [0.15, 0.2) is 5.78 Å². The Balaban J connectivity index is 1.58. The van der Waals surface area contributed by atoms with Crippen LogP contribution < -0.4 is 10.1 Å². The lowest BCUT2D eigenvalue weighted by Gasteiger charge is -2.08. The van der Waals surface area contributed by atoms with Crippen LogP contribution in [0.15, 0.2) is 77.7 Å². The van der Waals surface area contributed by atoms with Crippen LogP contribution in [0.5, 0.6) is 5.75 Å². The number of hydrogen-bond donors (Lipinski definition) is 1. The normalized spacial score (nSPS) is 10.4.